The van der Waals surface area contributed by atoms with Crippen LogP contribution in [0, 0.1) is 28.6 Å². The molecular formula is C27H41BrO5. The number of rotatable bonds is 8. The average molecular weight is 526 g/mol. The molecule has 0 bridgehead atoms. The van der Waals surface area contributed by atoms with Gasteiger partial charge in [-0.15, -0.1) is 0 Å². The van der Waals surface area contributed by atoms with Gasteiger partial charge in [0.25, 0.3) is 0 Å². The monoisotopic (exact) mass is 524 g/mol. The van der Waals surface area contributed by atoms with Crippen LogP contribution in [0.25, 0.3) is 0 Å². The number of esters is 1. The number of carbonyl (C=O) groups excluding carboxylic acids is 2. The van der Waals surface area contributed by atoms with E-state index in [1.807, 2.05) is 6.92 Å². The molecule has 0 aromatic carbocycles. The van der Waals surface area contributed by atoms with Gasteiger partial charge in [0.15, 0.2) is 0 Å². The molecule has 6 heteroatoms. The van der Waals surface area contributed by atoms with Gasteiger partial charge in [-0.25, -0.2) is 0 Å². The molecule has 186 valence electrons. The first-order valence-electron chi connectivity index (χ1n) is 13.0. The number of aldehydes is 1. The number of aliphatic hydroxyl groups excluding tert-OH is 1. The molecule has 0 saturated heterocycles. The molecule has 4 aliphatic carbocycles. The van der Waals surface area contributed by atoms with Gasteiger partial charge in [-0.1, -0.05) is 48.4 Å². The molecule has 4 rings (SSSR count). The second-order valence-corrected chi connectivity index (χ2v) is 12.5. The van der Waals surface area contributed by atoms with Crippen LogP contribution in [0.4, 0.5) is 0 Å². The number of unbranched alkanes of at least 4 members (excludes halogenated alkanes) is 2. The van der Waals surface area contributed by atoms with Crippen LogP contribution in [-0.2, 0) is 19.1 Å². The van der Waals surface area contributed by atoms with Gasteiger partial charge < -0.3 is 19.4 Å². The van der Waals surface area contributed by atoms with E-state index in [9.17, 15) is 14.7 Å². The van der Waals surface area contributed by atoms with Crippen molar-refractivity contribution in [2.45, 2.75) is 108 Å². The lowest BCUT2D eigenvalue weighted by Crippen LogP contribution is -2.55. The molecule has 4 unspecified atom stereocenters. The first-order valence-corrected chi connectivity index (χ1v) is 13.9. The summed E-state index contributed by atoms with van der Waals surface area (Å²) in [5, 5.41) is 11.4. The quantitative estimate of drug-likeness (QED) is 0.152. The van der Waals surface area contributed by atoms with Crippen molar-refractivity contribution in [3.05, 3.63) is 11.6 Å². The van der Waals surface area contributed by atoms with Crippen molar-refractivity contribution in [1.29, 1.82) is 0 Å². The van der Waals surface area contributed by atoms with Crippen LogP contribution in [0.5, 0.6) is 0 Å². The summed E-state index contributed by atoms with van der Waals surface area (Å²) in [4.78, 5) is 22.8. The fraction of sp³-hybridized carbons (Fsp3) is 0.852. The standard InChI is InChI=1S/C27H41BrO5/c1-4-23(31)33-25-21(28)16-20-24-19(9-11-27(20,25)3)26(2)10-8-18(14-17(26)15-22(24)30)32-13-7-5-6-12-29/h12,15,18-22,24-25,30H,4-11,13-14,16H2,1-3H3/t18-,19?,20?,21+,22?,24?,25-,26-,27-/m0/s1. The molecule has 0 spiro atoms. The SMILES string of the molecule is CCC(=O)O[C@H]1[C@H](Br)CC2C3C(O)C=C4C[C@@H](OCCCCC=O)CC[C@]4(C)C3CC[C@@]21C. The van der Waals surface area contributed by atoms with Crippen LogP contribution in [0.2, 0.25) is 0 Å². The van der Waals surface area contributed by atoms with E-state index in [4.69, 9.17) is 9.47 Å². The molecule has 0 radical (unpaired) electrons. The van der Waals surface area contributed by atoms with Gasteiger partial charge in [-0.05, 0) is 74.5 Å². The zero-order valence-corrected chi connectivity index (χ0v) is 22.0. The summed E-state index contributed by atoms with van der Waals surface area (Å²) in [5.41, 5.74) is 1.40. The molecule has 0 aliphatic heterocycles. The third-order valence-corrected chi connectivity index (χ3v) is 10.5. The van der Waals surface area contributed by atoms with E-state index in [1.54, 1.807) is 0 Å². The zero-order valence-electron chi connectivity index (χ0n) is 20.4. The van der Waals surface area contributed by atoms with Crippen molar-refractivity contribution < 1.29 is 24.2 Å². The molecule has 0 amide bonds. The summed E-state index contributed by atoms with van der Waals surface area (Å²) in [6, 6.07) is 0. The minimum absolute atomic E-state index is 0.0926. The highest BCUT2D eigenvalue weighted by Gasteiger charge is 2.63. The lowest BCUT2D eigenvalue weighted by atomic mass is 9.47. The van der Waals surface area contributed by atoms with E-state index in [0.717, 1.165) is 57.7 Å². The molecular weight excluding hydrogens is 484 g/mol. The average Bonchev–Trinajstić information content (AvgIpc) is 3.04. The summed E-state index contributed by atoms with van der Waals surface area (Å²) in [6.45, 7) is 7.26. The number of fused-ring (bicyclic) bond motifs is 5. The second-order valence-electron chi connectivity index (χ2n) is 11.3. The van der Waals surface area contributed by atoms with Crippen LogP contribution in [-0.4, -0.2) is 47.1 Å². The Labute approximate surface area is 207 Å². The second kappa shape index (κ2) is 10.1. The highest BCUT2D eigenvalue weighted by Crippen LogP contribution is 2.66. The molecule has 5 nitrogen and oxygen atoms in total. The molecule has 1 N–H and O–H groups in total. The molecule has 33 heavy (non-hydrogen) atoms. The molecule has 4 aliphatic rings. The van der Waals surface area contributed by atoms with E-state index < -0.39 is 6.10 Å². The Kier molecular flexibility index (Phi) is 7.77. The van der Waals surface area contributed by atoms with Crippen molar-refractivity contribution in [3.8, 4) is 0 Å². The molecule has 0 aromatic rings. The first-order chi connectivity index (χ1) is 15.7. The van der Waals surface area contributed by atoms with Crippen LogP contribution in [0.15, 0.2) is 11.6 Å². The van der Waals surface area contributed by atoms with E-state index in [2.05, 4.69) is 35.9 Å². The van der Waals surface area contributed by atoms with Gasteiger partial charge in [-0.2, -0.15) is 0 Å². The normalized spacial score (nSPS) is 44.3. The van der Waals surface area contributed by atoms with Gasteiger partial charge in [-0.3, -0.25) is 4.79 Å². The van der Waals surface area contributed by atoms with Gasteiger partial charge in [0.2, 0.25) is 0 Å². The molecule has 0 aromatic heterocycles. The summed E-state index contributed by atoms with van der Waals surface area (Å²) in [6.07, 6.45) is 11.7. The number of halogens is 1. The van der Waals surface area contributed by atoms with Crippen molar-refractivity contribution in [3.63, 3.8) is 0 Å². The molecule has 3 fully saturated rings. The number of ether oxygens (including phenoxy) is 2. The lowest BCUT2D eigenvalue weighted by Gasteiger charge is -2.59. The summed E-state index contributed by atoms with van der Waals surface area (Å²) < 4.78 is 12.1. The van der Waals surface area contributed by atoms with E-state index in [-0.39, 0.29) is 39.8 Å². The Balaban J connectivity index is 1.49. The number of hydrogen-bond acceptors (Lipinski definition) is 5. The largest absolute Gasteiger partial charge is 0.461 e. The van der Waals surface area contributed by atoms with Crippen molar-refractivity contribution >= 4 is 28.2 Å². The Morgan fingerprint density at radius 2 is 2.03 bits per heavy atom. The summed E-state index contributed by atoms with van der Waals surface area (Å²) in [7, 11) is 0. The van der Waals surface area contributed by atoms with Gasteiger partial charge >= 0.3 is 5.97 Å². The van der Waals surface area contributed by atoms with E-state index in [0.29, 0.717) is 31.3 Å². The molecule has 9 atom stereocenters. The predicted molar refractivity (Wildman–Crippen MR) is 131 cm³/mol. The number of hydrogen-bond donors (Lipinski definition) is 1. The number of aliphatic hydroxyl groups is 1. The Bertz CT molecular complexity index is 768. The van der Waals surface area contributed by atoms with E-state index >= 15 is 0 Å². The number of carbonyl (C=O) groups is 2. The van der Waals surface area contributed by atoms with Crippen molar-refractivity contribution in [1.82, 2.24) is 0 Å². The molecule has 3 saturated carbocycles. The van der Waals surface area contributed by atoms with Crippen molar-refractivity contribution in [2.24, 2.45) is 28.6 Å². The van der Waals surface area contributed by atoms with Gasteiger partial charge in [0.1, 0.15) is 12.4 Å². The molecule has 0 heterocycles. The zero-order chi connectivity index (χ0) is 23.8. The maximum absolute atomic E-state index is 12.1. The summed E-state index contributed by atoms with van der Waals surface area (Å²) >= 11 is 3.84. The Morgan fingerprint density at radius 1 is 1.24 bits per heavy atom. The third-order valence-electron chi connectivity index (χ3n) is 9.60. The summed E-state index contributed by atoms with van der Waals surface area (Å²) in [5.74, 6) is 0.881. The Morgan fingerprint density at radius 3 is 2.76 bits per heavy atom. The fourth-order valence-corrected chi connectivity index (χ4v) is 8.81. The van der Waals surface area contributed by atoms with Gasteiger partial charge in [0, 0.05) is 24.9 Å². The highest BCUT2D eigenvalue weighted by molar-refractivity contribution is 9.09. The first kappa shape index (κ1) is 25.4. The highest BCUT2D eigenvalue weighted by atomic mass is 79.9. The minimum Gasteiger partial charge on any atom is -0.461 e. The maximum atomic E-state index is 12.1. The third kappa shape index (κ3) is 4.61. The number of alkyl halides is 1. The fourth-order valence-electron chi connectivity index (χ4n) is 7.70. The van der Waals surface area contributed by atoms with Gasteiger partial charge in [0.05, 0.1) is 17.0 Å². The maximum Gasteiger partial charge on any atom is 0.305 e. The van der Waals surface area contributed by atoms with Crippen LogP contribution in [0.1, 0.15) is 85.0 Å². The lowest BCUT2D eigenvalue weighted by molar-refractivity contribution is -0.161. The predicted octanol–water partition coefficient (Wildman–Crippen LogP) is 5.37. The topological polar surface area (TPSA) is 72.8 Å². The van der Waals surface area contributed by atoms with Crippen LogP contribution < -0.4 is 0 Å². The van der Waals surface area contributed by atoms with Crippen LogP contribution in [0.3, 0.4) is 0 Å². The minimum atomic E-state index is -0.450. The Hall–Kier alpha value is -0.720. The van der Waals surface area contributed by atoms with Crippen molar-refractivity contribution in [2.75, 3.05) is 6.61 Å². The van der Waals surface area contributed by atoms with Crippen LogP contribution >= 0.6 is 15.9 Å². The van der Waals surface area contributed by atoms with E-state index in [1.165, 1.54) is 5.57 Å². The smallest absolute Gasteiger partial charge is 0.305 e.